The number of fused-ring (bicyclic) bond motifs is 1. The lowest BCUT2D eigenvalue weighted by atomic mass is 10.1. The zero-order valence-corrected chi connectivity index (χ0v) is 9.69. The number of alkyl halides is 1. The molecule has 0 bridgehead atoms. The van der Waals surface area contributed by atoms with Crippen molar-refractivity contribution in [1.82, 2.24) is 0 Å². The van der Waals surface area contributed by atoms with Gasteiger partial charge in [0.1, 0.15) is 5.75 Å². The minimum absolute atomic E-state index is 0.0132. The molecule has 0 aliphatic carbocycles. The maximum Gasteiger partial charge on any atom is 0.179 e. The van der Waals surface area contributed by atoms with Crippen molar-refractivity contribution in [3.05, 3.63) is 29.1 Å². The molecular formula is C11H9ClO2S. The summed E-state index contributed by atoms with van der Waals surface area (Å²) in [7, 11) is 1.62. The summed E-state index contributed by atoms with van der Waals surface area (Å²) in [4.78, 5) is 11.6. The van der Waals surface area contributed by atoms with E-state index < -0.39 is 0 Å². The summed E-state index contributed by atoms with van der Waals surface area (Å²) in [6.45, 7) is 0. The highest BCUT2D eigenvalue weighted by atomic mass is 35.5. The second kappa shape index (κ2) is 4.21. The van der Waals surface area contributed by atoms with Crippen LogP contribution in [0, 0.1) is 0 Å². The van der Waals surface area contributed by atoms with E-state index in [0.717, 1.165) is 15.8 Å². The Morgan fingerprint density at radius 1 is 1.47 bits per heavy atom. The second-order valence-corrected chi connectivity index (χ2v) is 4.22. The van der Waals surface area contributed by atoms with Crippen LogP contribution < -0.4 is 4.74 Å². The van der Waals surface area contributed by atoms with Gasteiger partial charge < -0.3 is 4.74 Å². The van der Waals surface area contributed by atoms with Crippen molar-refractivity contribution in [1.29, 1.82) is 0 Å². The van der Waals surface area contributed by atoms with Crippen molar-refractivity contribution in [2.75, 3.05) is 13.0 Å². The number of Topliss-reactive ketones (excluding diaryl/α,β-unsaturated/α-hetero) is 1. The third-order valence-corrected chi connectivity index (χ3v) is 3.41. The monoisotopic (exact) mass is 240 g/mol. The van der Waals surface area contributed by atoms with E-state index in [1.807, 2.05) is 11.4 Å². The molecule has 0 amide bonds. The number of rotatable bonds is 3. The molecule has 0 unspecified atom stereocenters. The quantitative estimate of drug-likeness (QED) is 0.608. The fraction of sp³-hybridized carbons (Fsp3) is 0.182. The predicted octanol–water partition coefficient (Wildman–Crippen LogP) is 3.33. The minimum Gasteiger partial charge on any atom is -0.496 e. The lowest BCUT2D eigenvalue weighted by molar-refractivity contribution is 0.102. The van der Waals surface area contributed by atoms with Crippen molar-refractivity contribution < 1.29 is 9.53 Å². The molecule has 0 aliphatic rings. The van der Waals surface area contributed by atoms with E-state index in [1.54, 1.807) is 19.2 Å². The molecule has 4 heteroatoms. The van der Waals surface area contributed by atoms with Gasteiger partial charge in [0.25, 0.3) is 0 Å². The van der Waals surface area contributed by atoms with E-state index in [2.05, 4.69) is 0 Å². The molecule has 2 aromatic rings. The highest BCUT2D eigenvalue weighted by molar-refractivity contribution is 7.17. The molecule has 0 fully saturated rings. The molecule has 0 radical (unpaired) electrons. The Bertz CT molecular complexity index is 504. The first-order chi connectivity index (χ1) is 7.27. The number of carbonyl (C=O) groups is 1. The number of hydrogen-bond acceptors (Lipinski definition) is 3. The van der Waals surface area contributed by atoms with Crippen molar-refractivity contribution in [3.63, 3.8) is 0 Å². The van der Waals surface area contributed by atoms with Gasteiger partial charge in [-0.15, -0.1) is 22.9 Å². The van der Waals surface area contributed by atoms with E-state index in [0.29, 0.717) is 5.56 Å². The fourth-order valence-corrected chi connectivity index (χ4v) is 2.59. The zero-order chi connectivity index (χ0) is 10.8. The Labute approximate surface area is 96.4 Å². The summed E-state index contributed by atoms with van der Waals surface area (Å²) in [5, 5.41) is 2.91. The smallest absolute Gasteiger partial charge is 0.179 e. The average molecular weight is 241 g/mol. The van der Waals surface area contributed by atoms with Gasteiger partial charge in [-0.3, -0.25) is 4.79 Å². The molecule has 1 aromatic heterocycles. The molecule has 2 nitrogen and oxygen atoms in total. The van der Waals surface area contributed by atoms with Crippen LogP contribution in [-0.2, 0) is 0 Å². The van der Waals surface area contributed by atoms with Crippen LogP contribution in [0.25, 0.3) is 10.1 Å². The molecule has 1 aromatic carbocycles. The highest BCUT2D eigenvalue weighted by Crippen LogP contribution is 2.32. The van der Waals surface area contributed by atoms with Crippen molar-refractivity contribution in [2.45, 2.75) is 0 Å². The van der Waals surface area contributed by atoms with Crippen LogP contribution in [-0.4, -0.2) is 18.8 Å². The summed E-state index contributed by atoms with van der Waals surface area (Å²) in [6.07, 6.45) is 0. The van der Waals surface area contributed by atoms with Gasteiger partial charge in [0.15, 0.2) is 5.78 Å². The zero-order valence-electron chi connectivity index (χ0n) is 8.12. The third kappa shape index (κ3) is 1.73. The van der Waals surface area contributed by atoms with Crippen LogP contribution in [0.5, 0.6) is 5.75 Å². The first-order valence-electron chi connectivity index (χ1n) is 4.41. The molecular weight excluding hydrogens is 232 g/mol. The first kappa shape index (κ1) is 10.5. The van der Waals surface area contributed by atoms with Crippen molar-refractivity contribution >= 4 is 38.8 Å². The molecule has 0 atom stereocenters. The van der Waals surface area contributed by atoms with Crippen LogP contribution >= 0.6 is 22.9 Å². The van der Waals surface area contributed by atoms with Crippen molar-refractivity contribution in [2.24, 2.45) is 0 Å². The largest absolute Gasteiger partial charge is 0.496 e. The second-order valence-electron chi connectivity index (χ2n) is 3.04. The Morgan fingerprint density at radius 3 is 2.93 bits per heavy atom. The Hall–Kier alpha value is -1.06. The molecule has 78 valence electrons. The lowest BCUT2D eigenvalue weighted by Crippen LogP contribution is -2.00. The molecule has 0 spiro atoms. The predicted molar refractivity (Wildman–Crippen MR) is 63.4 cm³/mol. The molecule has 15 heavy (non-hydrogen) atoms. The molecule has 0 saturated carbocycles. The van der Waals surface area contributed by atoms with Gasteiger partial charge in [-0.1, -0.05) is 0 Å². The first-order valence-corrected chi connectivity index (χ1v) is 5.82. The number of methoxy groups -OCH3 is 1. The number of halogens is 1. The summed E-state index contributed by atoms with van der Waals surface area (Å²) in [5.74, 6) is 0.753. The van der Waals surface area contributed by atoms with Gasteiger partial charge in [-0.05, 0) is 23.6 Å². The van der Waals surface area contributed by atoms with Crippen LogP contribution in [0.15, 0.2) is 23.6 Å². The number of carbonyl (C=O) groups excluding carboxylic acids is 1. The molecule has 1 heterocycles. The normalized spacial score (nSPS) is 10.5. The van der Waals surface area contributed by atoms with E-state index in [1.165, 1.54) is 11.3 Å². The van der Waals surface area contributed by atoms with Gasteiger partial charge >= 0.3 is 0 Å². The fourth-order valence-electron chi connectivity index (χ4n) is 1.51. The maximum absolute atomic E-state index is 11.6. The van der Waals surface area contributed by atoms with E-state index in [-0.39, 0.29) is 11.7 Å². The Balaban J connectivity index is 2.68. The molecule has 0 aliphatic heterocycles. The van der Waals surface area contributed by atoms with E-state index in [9.17, 15) is 4.79 Å². The van der Waals surface area contributed by atoms with Gasteiger partial charge in [-0.25, -0.2) is 0 Å². The maximum atomic E-state index is 11.6. The Kier molecular flexibility index (Phi) is 2.93. The number of benzene rings is 1. The average Bonchev–Trinajstić information content (AvgIpc) is 2.75. The van der Waals surface area contributed by atoms with Gasteiger partial charge in [0.05, 0.1) is 13.0 Å². The van der Waals surface area contributed by atoms with Gasteiger partial charge in [-0.2, -0.15) is 0 Å². The van der Waals surface area contributed by atoms with Crippen LogP contribution in [0.2, 0.25) is 0 Å². The van der Waals surface area contributed by atoms with Crippen molar-refractivity contribution in [3.8, 4) is 5.75 Å². The van der Waals surface area contributed by atoms with Crippen LogP contribution in [0.1, 0.15) is 10.4 Å². The summed E-state index contributed by atoms with van der Waals surface area (Å²) >= 11 is 7.08. The topological polar surface area (TPSA) is 26.3 Å². The van der Waals surface area contributed by atoms with E-state index >= 15 is 0 Å². The Morgan fingerprint density at radius 2 is 2.27 bits per heavy atom. The summed E-state index contributed by atoms with van der Waals surface area (Å²) in [6, 6.07) is 5.51. The number of thiophene rings is 1. The van der Waals surface area contributed by atoms with Gasteiger partial charge in [0.2, 0.25) is 0 Å². The standard InChI is InChI=1S/C11H9ClO2S/c1-14-10-3-2-7(9(13)6-12)11-8(10)4-5-15-11/h2-5H,6H2,1H3. The molecule has 0 saturated heterocycles. The molecule has 2 rings (SSSR count). The third-order valence-electron chi connectivity index (χ3n) is 2.22. The van der Waals surface area contributed by atoms with Crippen LogP contribution in [0.3, 0.4) is 0 Å². The molecule has 0 N–H and O–H groups in total. The lowest BCUT2D eigenvalue weighted by Gasteiger charge is -2.04. The highest BCUT2D eigenvalue weighted by Gasteiger charge is 2.12. The summed E-state index contributed by atoms with van der Waals surface area (Å²) < 4.78 is 6.16. The summed E-state index contributed by atoms with van der Waals surface area (Å²) in [5.41, 5.74) is 0.677. The number of ketones is 1. The van der Waals surface area contributed by atoms with E-state index in [4.69, 9.17) is 16.3 Å². The number of hydrogen-bond donors (Lipinski definition) is 0. The minimum atomic E-state index is -0.0493. The SMILES string of the molecule is COc1ccc(C(=O)CCl)c2sccc12. The van der Waals surface area contributed by atoms with Crippen LogP contribution in [0.4, 0.5) is 0 Å². The van der Waals surface area contributed by atoms with Gasteiger partial charge in [0, 0.05) is 15.6 Å². The number of ether oxygens (including phenoxy) is 1.